The van der Waals surface area contributed by atoms with E-state index in [1.165, 1.54) is 13.3 Å². The highest BCUT2D eigenvalue weighted by Gasteiger charge is 2.61. The first-order chi connectivity index (χ1) is 36.1. The van der Waals surface area contributed by atoms with Crippen molar-refractivity contribution in [3.05, 3.63) is 53.5 Å². The van der Waals surface area contributed by atoms with Gasteiger partial charge in [-0.05, 0) is 197 Å². The molecule has 1 aromatic rings. The molecule has 8 bridgehead atoms. The molecule has 436 valence electrons. The summed E-state index contributed by atoms with van der Waals surface area (Å²) in [5.74, 6) is -0.971. The molecule has 0 amide bonds. The van der Waals surface area contributed by atoms with Crippen LogP contribution in [0.2, 0.25) is 0 Å². The zero-order chi connectivity index (χ0) is 57.5. The van der Waals surface area contributed by atoms with E-state index in [2.05, 4.69) is 16.0 Å². The van der Waals surface area contributed by atoms with E-state index in [4.69, 9.17) is 23.7 Å². The van der Waals surface area contributed by atoms with Crippen LogP contribution in [0.3, 0.4) is 0 Å². The third-order valence-corrected chi connectivity index (χ3v) is 18.4. The average Bonchev–Trinajstić information content (AvgIpc) is 3.52. The standard InChI is InChI=1S/C56H75F6NO14S/c1-8-10-11-41(55(57,58)59)28-78(70,71)77-63-44(56(60,61)62)38-12-14-42(15-13-38)72-16-17-73-47(67)50(5,9-2)30-52(7,48(68)76-54-26-36-19-37(27-54)25-53(69,24-36)32-54)31-51(6,45(64)65)29-49(3,4)46(66)75-33-74-43-39-20-34-18-35(22-39)23-40(43)21-34/h8,12-15,28,34-37,39-40,43,69H,1,9-11,16-27,29-33H2,2-7H3,(H,64,65). The zero-order valence-corrected chi connectivity index (χ0v) is 46.1. The Labute approximate surface area is 452 Å². The van der Waals surface area contributed by atoms with Gasteiger partial charge in [-0.25, -0.2) is 0 Å². The number of carboxylic acids is 1. The second kappa shape index (κ2) is 22.7. The quantitative estimate of drug-likeness (QED) is 0.0129. The number of hydrogen-bond acceptors (Lipinski definition) is 14. The minimum atomic E-state index is -5.40. The van der Waals surface area contributed by atoms with Gasteiger partial charge in [0, 0.05) is 17.6 Å². The number of alkyl halides is 6. The normalized spacial score (nSPS) is 30.1. The Kier molecular flexibility index (Phi) is 17.7. The Hall–Kier alpha value is -4.70. The zero-order valence-electron chi connectivity index (χ0n) is 45.3. The van der Waals surface area contributed by atoms with E-state index in [1.54, 1.807) is 34.6 Å². The van der Waals surface area contributed by atoms with Gasteiger partial charge in [0.1, 0.15) is 24.6 Å². The van der Waals surface area contributed by atoms with Gasteiger partial charge in [0.15, 0.2) is 12.5 Å². The molecule has 78 heavy (non-hydrogen) atoms. The van der Waals surface area contributed by atoms with Crippen molar-refractivity contribution in [2.24, 2.45) is 62.3 Å². The van der Waals surface area contributed by atoms with Gasteiger partial charge < -0.3 is 33.9 Å². The largest absolute Gasteiger partial charge is 0.490 e. The summed E-state index contributed by atoms with van der Waals surface area (Å²) in [6.07, 6.45) is -2.22. The number of allylic oxidation sites excluding steroid dienone is 2. The van der Waals surface area contributed by atoms with Crippen LogP contribution in [-0.2, 0) is 52.5 Å². The molecule has 5 atom stereocenters. The van der Waals surface area contributed by atoms with Crippen molar-refractivity contribution in [3.63, 3.8) is 0 Å². The molecule has 0 radical (unpaired) electrons. The van der Waals surface area contributed by atoms with E-state index >= 15 is 4.79 Å². The number of esters is 3. The molecule has 9 rings (SSSR count). The summed E-state index contributed by atoms with van der Waals surface area (Å²) >= 11 is 0. The van der Waals surface area contributed by atoms with Crippen molar-refractivity contribution in [1.29, 1.82) is 0 Å². The Morgan fingerprint density at radius 2 is 1.32 bits per heavy atom. The lowest BCUT2D eigenvalue weighted by Gasteiger charge is -2.59. The second-order valence-electron chi connectivity index (χ2n) is 25.1. The number of nitrogens with zero attached hydrogens (tertiary/aromatic N) is 1. The summed E-state index contributed by atoms with van der Waals surface area (Å²) < 4.78 is 141. The average molecular weight is 1130 g/mol. The van der Waals surface area contributed by atoms with Gasteiger partial charge in [0.05, 0.1) is 38.8 Å². The van der Waals surface area contributed by atoms with Crippen LogP contribution < -0.4 is 4.74 Å². The SMILES string of the molecule is C=CCCC(=CS(=O)(=O)ON=C(c1ccc(OCCOC(=O)C(C)(CC)CC(C)(CC(C)(CC(C)(C)C(=O)OCOC2C3CC4CC(C3)CC2C4)C(=O)O)C(=O)OC23CC4CC(CC(O)(C4)C2)C3)cc1)C(F)(F)F)C(F)(F)F. The summed E-state index contributed by atoms with van der Waals surface area (Å²) in [7, 11) is -5.40. The Morgan fingerprint density at radius 3 is 1.85 bits per heavy atom. The number of ether oxygens (including phenoxy) is 5. The van der Waals surface area contributed by atoms with Crippen LogP contribution in [0.5, 0.6) is 5.75 Å². The number of benzene rings is 1. The van der Waals surface area contributed by atoms with Crippen molar-refractivity contribution < 1.29 is 92.1 Å². The topological polar surface area (TPSA) is 211 Å². The summed E-state index contributed by atoms with van der Waals surface area (Å²) in [6.45, 7) is 11.7. The molecule has 15 nitrogen and oxygen atoms in total. The van der Waals surface area contributed by atoms with E-state index in [-0.39, 0.29) is 81.0 Å². The van der Waals surface area contributed by atoms with Gasteiger partial charge in [-0.15, -0.1) is 6.58 Å². The van der Waals surface area contributed by atoms with Crippen LogP contribution in [0.15, 0.2) is 53.1 Å². The highest BCUT2D eigenvalue weighted by atomic mass is 32.2. The molecule has 8 fully saturated rings. The van der Waals surface area contributed by atoms with Crippen molar-refractivity contribution in [3.8, 4) is 5.75 Å². The molecule has 0 aromatic heterocycles. The number of rotatable bonds is 26. The van der Waals surface area contributed by atoms with Crippen LogP contribution >= 0.6 is 0 Å². The maximum Gasteiger partial charge on any atom is 0.437 e. The molecule has 22 heteroatoms. The fourth-order valence-corrected chi connectivity index (χ4v) is 15.7. The molecule has 0 saturated heterocycles. The highest BCUT2D eigenvalue weighted by molar-refractivity contribution is 7.89. The lowest BCUT2D eigenvalue weighted by atomic mass is 9.52. The Bertz CT molecular complexity index is 2540. The fourth-order valence-electron chi connectivity index (χ4n) is 14.9. The predicted molar refractivity (Wildman–Crippen MR) is 270 cm³/mol. The van der Waals surface area contributed by atoms with Gasteiger partial charge >= 0.3 is 46.3 Å². The van der Waals surface area contributed by atoms with Gasteiger partial charge in [-0.1, -0.05) is 18.2 Å². The first-order valence-corrected chi connectivity index (χ1v) is 28.5. The van der Waals surface area contributed by atoms with Crippen molar-refractivity contribution in [1.82, 2.24) is 0 Å². The maximum absolute atomic E-state index is 15.1. The number of aliphatic carboxylic acids is 1. The molecule has 0 heterocycles. The number of carboxylic acid groups (broad SMARTS) is 1. The molecule has 0 aliphatic heterocycles. The van der Waals surface area contributed by atoms with Crippen LogP contribution in [0.25, 0.3) is 0 Å². The van der Waals surface area contributed by atoms with E-state index in [0.29, 0.717) is 37.5 Å². The van der Waals surface area contributed by atoms with E-state index in [1.807, 2.05) is 0 Å². The Balaban J connectivity index is 1.02. The highest BCUT2D eigenvalue weighted by Crippen LogP contribution is 2.60. The van der Waals surface area contributed by atoms with Crippen molar-refractivity contribution >= 4 is 39.7 Å². The predicted octanol–water partition coefficient (Wildman–Crippen LogP) is 11.3. The molecule has 2 N–H and O–H groups in total. The van der Waals surface area contributed by atoms with Gasteiger partial charge in [-0.2, -0.15) is 34.8 Å². The number of carbonyl (C=O) groups is 4. The van der Waals surface area contributed by atoms with E-state index in [0.717, 1.165) is 74.3 Å². The fraction of sp³-hybridized carbons (Fsp3) is 0.732. The number of oxime groups is 1. The van der Waals surface area contributed by atoms with Crippen molar-refractivity contribution in [2.45, 2.75) is 180 Å². The van der Waals surface area contributed by atoms with Gasteiger partial charge in [-0.3, -0.25) is 23.5 Å². The molecule has 8 aliphatic carbocycles. The summed E-state index contributed by atoms with van der Waals surface area (Å²) in [5.41, 5.74) is -12.5. The maximum atomic E-state index is 15.1. The van der Waals surface area contributed by atoms with E-state index < -0.39 is 109 Å². The van der Waals surface area contributed by atoms with Gasteiger partial charge in [0.25, 0.3) is 0 Å². The van der Waals surface area contributed by atoms with Crippen LogP contribution in [-0.4, -0.2) is 97.9 Å². The molecule has 0 spiro atoms. The van der Waals surface area contributed by atoms with E-state index in [9.17, 15) is 59.4 Å². The van der Waals surface area contributed by atoms with Crippen LogP contribution in [0.4, 0.5) is 26.3 Å². The van der Waals surface area contributed by atoms with Crippen LogP contribution in [0, 0.1) is 57.2 Å². The number of halogens is 6. The molecule has 1 aromatic carbocycles. The first-order valence-electron chi connectivity index (χ1n) is 27.0. The summed E-state index contributed by atoms with van der Waals surface area (Å²) in [6, 6.07) is 3.79. The minimum absolute atomic E-state index is 0.00278. The lowest BCUT2D eigenvalue weighted by Crippen LogP contribution is -2.61. The smallest absolute Gasteiger partial charge is 0.437 e. The summed E-state index contributed by atoms with van der Waals surface area (Å²) in [4.78, 5) is 56.7. The Morgan fingerprint density at radius 1 is 0.744 bits per heavy atom. The number of aliphatic hydroxyl groups is 1. The van der Waals surface area contributed by atoms with Crippen molar-refractivity contribution in [2.75, 3.05) is 20.0 Å². The molecular weight excluding hydrogens is 1060 g/mol. The number of carbonyl (C=O) groups excluding carboxylic acids is 3. The van der Waals surface area contributed by atoms with Crippen LogP contribution in [0.1, 0.15) is 156 Å². The lowest BCUT2D eigenvalue weighted by molar-refractivity contribution is -0.228. The molecule has 8 aliphatic rings. The third-order valence-electron chi connectivity index (χ3n) is 17.6. The number of hydrogen-bond donors (Lipinski definition) is 2. The second-order valence-corrected chi connectivity index (χ2v) is 26.5. The minimum Gasteiger partial charge on any atom is -0.490 e. The third kappa shape index (κ3) is 14.2. The monoisotopic (exact) mass is 1130 g/mol. The molecule has 8 saturated carbocycles. The first kappa shape index (κ1) is 60.9. The van der Waals surface area contributed by atoms with Gasteiger partial charge in [0.2, 0.25) is 0 Å². The molecular formula is C56H75F6NO14S. The molecule has 5 unspecified atom stereocenters. The summed E-state index contributed by atoms with van der Waals surface area (Å²) in [5, 5.41) is 24.9.